The molecule has 0 saturated carbocycles. The van der Waals surface area contributed by atoms with Gasteiger partial charge in [0.25, 0.3) is 0 Å². The first-order valence-corrected chi connectivity index (χ1v) is 10.1. The summed E-state index contributed by atoms with van der Waals surface area (Å²) in [6.45, 7) is 0. The van der Waals surface area contributed by atoms with Gasteiger partial charge in [-0.15, -0.1) is 0 Å². The van der Waals surface area contributed by atoms with Crippen molar-refractivity contribution in [2.45, 2.75) is 0 Å². The summed E-state index contributed by atoms with van der Waals surface area (Å²) in [4.78, 5) is 9.37. The van der Waals surface area contributed by atoms with Crippen LogP contribution in [0.2, 0.25) is 0 Å². The van der Waals surface area contributed by atoms with Gasteiger partial charge in [-0.05, 0) is 0 Å². The molecule has 0 aliphatic rings. The largest absolute Gasteiger partial charge is 0.372 e. The maximum absolute atomic E-state index is 11.5. The second-order valence-electron chi connectivity index (χ2n) is 2.63. The third-order valence-corrected chi connectivity index (χ3v) is 10.9. The monoisotopic (exact) mass is 390 g/mol. The van der Waals surface area contributed by atoms with E-state index >= 15 is 0 Å². The van der Waals surface area contributed by atoms with E-state index in [0.717, 1.165) is 0 Å². The van der Waals surface area contributed by atoms with Crippen LogP contribution in [0.3, 0.4) is 0 Å². The molecule has 0 unspecified atom stereocenters. The quantitative estimate of drug-likeness (QED) is 0.612. The second-order valence-corrected chi connectivity index (χ2v) is 11.2. The van der Waals surface area contributed by atoms with Crippen molar-refractivity contribution >= 4 is 70.0 Å². The minimum absolute atomic E-state index is 1.13. The average molecular weight is 392 g/mol. The second kappa shape index (κ2) is 7.44. The number of hydrogen-bond acceptors (Lipinski definition) is 7. The molecule has 104 valence electrons. The van der Waals surface area contributed by atoms with Gasteiger partial charge in [-0.3, -0.25) is 13.7 Å². The van der Waals surface area contributed by atoms with Gasteiger partial charge in [-0.2, -0.15) is 16.3 Å². The van der Waals surface area contributed by atoms with Crippen LogP contribution in [-0.2, 0) is 30.0 Å². The van der Waals surface area contributed by atoms with Gasteiger partial charge in [0.2, 0.25) is 7.37 Å². The van der Waals surface area contributed by atoms with Gasteiger partial charge in [0, 0.05) is 0 Å². The van der Waals surface area contributed by atoms with Crippen molar-refractivity contribution in [2.24, 2.45) is 0 Å². The highest BCUT2D eigenvalue weighted by molar-refractivity contribution is 7.81. The predicted octanol–water partition coefficient (Wildman–Crippen LogP) is 4.24. The summed E-state index contributed by atoms with van der Waals surface area (Å²) >= 11 is 19.1. The summed E-state index contributed by atoms with van der Waals surface area (Å²) in [7, 11) is -12.8. The van der Waals surface area contributed by atoms with E-state index < -0.39 is 34.4 Å². The molecule has 17 heavy (non-hydrogen) atoms. The fraction of sp³-hybridized carbons (Fsp3) is 1.00. The first kappa shape index (κ1) is 18.7. The molecule has 0 aromatic carbocycles. The molecule has 0 spiro atoms. The highest BCUT2D eigenvalue weighted by Gasteiger charge is 2.42. The number of hydrogen-bond donors (Lipinski definition) is 1. The lowest BCUT2D eigenvalue weighted by Gasteiger charge is -2.17. The van der Waals surface area contributed by atoms with Gasteiger partial charge in [-0.1, -0.05) is 0 Å². The Bertz CT molecular complexity index is 337. The zero-order valence-electron chi connectivity index (χ0n) is 7.57. The molecular weight excluding hydrogens is 387 g/mol. The standard InChI is InChI=1S/C2H5Cl4O8P3/c3-11-16(9,12-4)1-15(7,8)2-17(10,13-5)14-6/h1-2H2,(H,7,8). The van der Waals surface area contributed by atoms with Crippen LogP contribution in [0.1, 0.15) is 0 Å². The molecule has 0 fully saturated rings. The molecule has 0 saturated heterocycles. The van der Waals surface area contributed by atoms with Crippen molar-refractivity contribution in [1.82, 2.24) is 0 Å². The van der Waals surface area contributed by atoms with Crippen molar-refractivity contribution < 1.29 is 34.9 Å². The van der Waals surface area contributed by atoms with Crippen LogP contribution in [0.15, 0.2) is 0 Å². The topological polar surface area (TPSA) is 108 Å². The maximum Gasteiger partial charge on any atom is 0.372 e. The Hall–Kier alpha value is 1.65. The van der Waals surface area contributed by atoms with Crippen LogP contribution >= 0.6 is 70.0 Å². The van der Waals surface area contributed by atoms with Crippen molar-refractivity contribution in [3.05, 3.63) is 0 Å². The summed E-state index contributed by atoms with van der Waals surface area (Å²) in [6.07, 6.45) is 0. The van der Waals surface area contributed by atoms with Crippen LogP contribution in [0.5, 0.6) is 0 Å². The van der Waals surface area contributed by atoms with E-state index in [2.05, 4.69) is 16.3 Å². The first-order valence-electron chi connectivity index (χ1n) is 3.36. The Kier molecular flexibility index (Phi) is 8.16. The molecule has 0 aliphatic carbocycles. The van der Waals surface area contributed by atoms with Crippen LogP contribution in [-0.4, -0.2) is 16.7 Å². The Morgan fingerprint density at radius 2 is 1.00 bits per heavy atom. The Morgan fingerprint density at radius 3 is 1.18 bits per heavy atom. The fourth-order valence-electron chi connectivity index (χ4n) is 0.695. The molecule has 0 bridgehead atoms. The molecule has 0 radical (unpaired) electrons. The van der Waals surface area contributed by atoms with Gasteiger partial charge in [0.05, 0.1) is 47.5 Å². The lowest BCUT2D eigenvalue weighted by Crippen LogP contribution is -1.98. The van der Waals surface area contributed by atoms with Gasteiger partial charge >= 0.3 is 15.2 Å². The summed E-state index contributed by atoms with van der Waals surface area (Å²) in [5, 5.41) is 0. The smallest absolute Gasteiger partial charge is 0.343 e. The van der Waals surface area contributed by atoms with Gasteiger partial charge in [-0.25, -0.2) is 0 Å². The zero-order valence-corrected chi connectivity index (χ0v) is 13.3. The molecule has 0 aromatic heterocycles. The zero-order chi connectivity index (χ0) is 13.7. The Morgan fingerprint density at radius 1 is 0.765 bits per heavy atom. The van der Waals surface area contributed by atoms with Crippen LogP contribution in [0.25, 0.3) is 0 Å². The molecule has 0 rings (SSSR count). The first-order chi connectivity index (χ1) is 7.66. The number of rotatable bonds is 8. The molecule has 1 N–H and O–H groups in total. The third kappa shape index (κ3) is 6.57. The normalized spacial score (nSPS) is 13.9. The minimum Gasteiger partial charge on any atom is -0.343 e. The molecular formula is C2H5Cl4O8P3. The molecule has 8 nitrogen and oxygen atoms in total. The molecule has 0 amide bonds. The maximum atomic E-state index is 11.5. The van der Waals surface area contributed by atoms with E-state index in [1.54, 1.807) is 0 Å². The van der Waals surface area contributed by atoms with Crippen molar-refractivity contribution in [3.63, 3.8) is 0 Å². The average Bonchev–Trinajstić information content (AvgIpc) is 2.27. The van der Waals surface area contributed by atoms with Crippen molar-refractivity contribution in [1.29, 1.82) is 0 Å². The minimum atomic E-state index is -4.37. The van der Waals surface area contributed by atoms with E-state index in [0.29, 0.717) is 0 Å². The summed E-state index contributed by atoms with van der Waals surface area (Å²) in [5.41, 5.74) is 0. The van der Waals surface area contributed by atoms with E-state index in [-0.39, 0.29) is 0 Å². The highest BCUT2D eigenvalue weighted by atomic mass is 35.5. The van der Waals surface area contributed by atoms with Crippen LogP contribution in [0, 0.1) is 0 Å². The predicted molar refractivity (Wildman–Crippen MR) is 62.5 cm³/mol. The van der Waals surface area contributed by atoms with Gasteiger partial charge in [0.1, 0.15) is 11.8 Å². The third-order valence-electron chi connectivity index (χ3n) is 1.21. The Labute approximate surface area is 117 Å². The van der Waals surface area contributed by atoms with E-state index in [1.165, 1.54) is 0 Å². The Balaban J connectivity index is 4.88. The molecule has 15 heteroatoms. The number of halogens is 4. The van der Waals surface area contributed by atoms with E-state index in [9.17, 15) is 18.6 Å². The van der Waals surface area contributed by atoms with Crippen molar-refractivity contribution in [2.75, 3.05) is 11.8 Å². The SMILES string of the molecule is O=P(O)(CP(=O)(OCl)OCl)CP(=O)(OCl)OCl. The fourth-order valence-corrected chi connectivity index (χ4v) is 9.01. The molecule has 0 aliphatic heterocycles. The van der Waals surface area contributed by atoms with E-state index in [4.69, 9.17) is 47.5 Å². The highest BCUT2D eigenvalue weighted by Crippen LogP contribution is 2.69. The van der Waals surface area contributed by atoms with Crippen LogP contribution < -0.4 is 0 Å². The van der Waals surface area contributed by atoms with Crippen molar-refractivity contribution in [3.8, 4) is 0 Å². The van der Waals surface area contributed by atoms with Crippen LogP contribution in [0.4, 0.5) is 0 Å². The van der Waals surface area contributed by atoms with Gasteiger partial charge < -0.3 is 4.89 Å². The lowest BCUT2D eigenvalue weighted by atomic mass is 11.9. The summed E-state index contributed by atoms with van der Waals surface area (Å²) in [6, 6.07) is 0. The molecule has 0 aromatic rings. The summed E-state index contributed by atoms with van der Waals surface area (Å²) in [5.74, 6) is -2.25. The lowest BCUT2D eigenvalue weighted by molar-refractivity contribution is 0.412. The van der Waals surface area contributed by atoms with Gasteiger partial charge in [0.15, 0.2) is 0 Å². The summed E-state index contributed by atoms with van der Waals surface area (Å²) < 4.78 is 49.5. The molecule has 0 heterocycles. The molecule has 0 atom stereocenters. The van der Waals surface area contributed by atoms with E-state index in [1.807, 2.05) is 0 Å².